The Labute approximate surface area is 103 Å². The van der Waals surface area contributed by atoms with Crippen LogP contribution in [-0.2, 0) is 9.59 Å². The molecule has 18 heavy (non-hydrogen) atoms. The van der Waals surface area contributed by atoms with Crippen molar-refractivity contribution >= 4 is 23.2 Å². The molecule has 5 nitrogen and oxygen atoms in total. The summed E-state index contributed by atoms with van der Waals surface area (Å²) in [5, 5.41) is 3.73. The minimum Gasteiger partial charge on any atom is -0.310 e. The van der Waals surface area contributed by atoms with E-state index in [1.165, 1.54) is 29.2 Å². The van der Waals surface area contributed by atoms with Gasteiger partial charge in [-0.2, -0.15) is 5.10 Å². The Kier molecular flexibility index (Phi) is 3.36. The van der Waals surface area contributed by atoms with Crippen LogP contribution < -0.4 is 10.3 Å². The maximum absolute atomic E-state index is 12.8. The zero-order chi connectivity index (χ0) is 13.1. The zero-order valence-corrected chi connectivity index (χ0v) is 9.81. The minimum atomic E-state index is -0.359. The Morgan fingerprint density at radius 3 is 2.56 bits per heavy atom. The fourth-order valence-corrected chi connectivity index (χ4v) is 1.60. The van der Waals surface area contributed by atoms with E-state index in [1.54, 1.807) is 7.05 Å². The van der Waals surface area contributed by atoms with E-state index in [4.69, 9.17) is 0 Å². The van der Waals surface area contributed by atoms with Gasteiger partial charge in [0.1, 0.15) is 11.5 Å². The van der Waals surface area contributed by atoms with E-state index >= 15 is 0 Å². The minimum absolute atomic E-state index is 0.198. The summed E-state index contributed by atoms with van der Waals surface area (Å²) < 4.78 is 12.8. The first-order chi connectivity index (χ1) is 8.58. The van der Waals surface area contributed by atoms with Gasteiger partial charge in [0.15, 0.2) is 0 Å². The summed E-state index contributed by atoms with van der Waals surface area (Å²) in [5.41, 5.74) is 3.13. The van der Waals surface area contributed by atoms with Gasteiger partial charge < -0.3 is 4.90 Å². The molecule has 1 aromatic carbocycles. The van der Waals surface area contributed by atoms with Crippen LogP contribution in [0, 0.1) is 5.82 Å². The number of amides is 2. The second-order valence-corrected chi connectivity index (χ2v) is 3.93. The number of halogens is 1. The molecule has 1 aliphatic rings. The highest BCUT2D eigenvalue weighted by Gasteiger charge is 2.22. The summed E-state index contributed by atoms with van der Waals surface area (Å²) in [4.78, 5) is 24.3. The molecule has 94 valence electrons. The first kappa shape index (κ1) is 12.2. The van der Waals surface area contributed by atoms with Crippen LogP contribution in [0.2, 0.25) is 0 Å². The van der Waals surface area contributed by atoms with Crippen LogP contribution in [0.4, 0.5) is 10.1 Å². The SMILES string of the molecule is CN(C(=O)C1=NNC(=O)CC1)c1ccc(F)cc1. The zero-order valence-electron chi connectivity index (χ0n) is 9.81. The van der Waals surface area contributed by atoms with Gasteiger partial charge in [0.05, 0.1) is 0 Å². The highest BCUT2D eigenvalue weighted by Crippen LogP contribution is 2.14. The molecule has 0 fully saturated rings. The van der Waals surface area contributed by atoms with Gasteiger partial charge in [-0.15, -0.1) is 0 Å². The van der Waals surface area contributed by atoms with Gasteiger partial charge >= 0.3 is 0 Å². The molecule has 0 aliphatic carbocycles. The van der Waals surface area contributed by atoms with Gasteiger partial charge in [0, 0.05) is 25.6 Å². The molecule has 2 rings (SSSR count). The van der Waals surface area contributed by atoms with Crippen molar-refractivity contribution in [2.75, 3.05) is 11.9 Å². The first-order valence-corrected chi connectivity index (χ1v) is 5.47. The maximum atomic E-state index is 12.8. The predicted molar refractivity (Wildman–Crippen MR) is 64.6 cm³/mol. The number of nitrogens with one attached hydrogen (secondary N) is 1. The van der Waals surface area contributed by atoms with E-state index in [0.717, 1.165) is 0 Å². The van der Waals surface area contributed by atoms with Crippen LogP contribution in [0.15, 0.2) is 29.4 Å². The molecule has 1 aliphatic heterocycles. The molecular weight excluding hydrogens is 237 g/mol. The molecule has 0 saturated heterocycles. The van der Waals surface area contributed by atoms with Gasteiger partial charge in [-0.05, 0) is 24.3 Å². The second-order valence-electron chi connectivity index (χ2n) is 3.93. The lowest BCUT2D eigenvalue weighted by Crippen LogP contribution is -2.38. The number of benzene rings is 1. The molecule has 0 radical (unpaired) electrons. The van der Waals surface area contributed by atoms with Gasteiger partial charge in [0.2, 0.25) is 5.91 Å². The lowest BCUT2D eigenvalue weighted by Gasteiger charge is -2.19. The molecule has 1 heterocycles. The molecular formula is C12H12FN3O2. The van der Waals surface area contributed by atoms with Crippen molar-refractivity contribution in [3.63, 3.8) is 0 Å². The number of rotatable bonds is 2. The topological polar surface area (TPSA) is 61.8 Å². The lowest BCUT2D eigenvalue weighted by atomic mass is 10.1. The highest BCUT2D eigenvalue weighted by atomic mass is 19.1. The Morgan fingerprint density at radius 2 is 2.00 bits per heavy atom. The van der Waals surface area contributed by atoms with Gasteiger partial charge in [-0.3, -0.25) is 9.59 Å². The van der Waals surface area contributed by atoms with Crippen molar-refractivity contribution in [1.29, 1.82) is 0 Å². The van der Waals surface area contributed by atoms with E-state index in [1.807, 2.05) is 0 Å². The van der Waals surface area contributed by atoms with E-state index in [9.17, 15) is 14.0 Å². The van der Waals surface area contributed by atoms with Crippen LogP contribution in [0.5, 0.6) is 0 Å². The molecule has 6 heteroatoms. The number of hydrazone groups is 1. The van der Waals surface area contributed by atoms with Gasteiger partial charge in [-0.25, -0.2) is 9.82 Å². The van der Waals surface area contributed by atoms with Crippen LogP contribution in [0.3, 0.4) is 0 Å². The normalized spacial score (nSPS) is 14.8. The van der Waals surface area contributed by atoms with Crippen LogP contribution in [0.25, 0.3) is 0 Å². The summed E-state index contributed by atoms with van der Waals surface area (Å²) in [6.07, 6.45) is 0.567. The molecule has 0 aromatic heterocycles. The number of nitrogens with zero attached hydrogens (tertiary/aromatic N) is 2. The standard InChI is InChI=1S/C12H12FN3O2/c1-16(9-4-2-8(13)3-5-9)12(18)10-6-7-11(17)15-14-10/h2-5H,6-7H2,1H3,(H,15,17). The van der Waals surface area contributed by atoms with Crippen molar-refractivity contribution in [1.82, 2.24) is 5.43 Å². The molecule has 1 N–H and O–H groups in total. The van der Waals surface area contributed by atoms with Gasteiger partial charge in [-0.1, -0.05) is 0 Å². The first-order valence-electron chi connectivity index (χ1n) is 5.47. The average Bonchev–Trinajstić information content (AvgIpc) is 2.39. The van der Waals surface area contributed by atoms with Crippen molar-refractivity contribution in [2.45, 2.75) is 12.8 Å². The van der Waals surface area contributed by atoms with Crippen LogP contribution >= 0.6 is 0 Å². The van der Waals surface area contributed by atoms with Crippen molar-refractivity contribution in [3.05, 3.63) is 30.1 Å². The molecule has 0 spiro atoms. The van der Waals surface area contributed by atoms with Crippen LogP contribution in [0.1, 0.15) is 12.8 Å². The number of hydrogen-bond acceptors (Lipinski definition) is 3. The van der Waals surface area contributed by atoms with Crippen molar-refractivity contribution in [3.8, 4) is 0 Å². The predicted octanol–water partition coefficient (Wildman–Crippen LogP) is 1.05. The third-order valence-corrected chi connectivity index (χ3v) is 2.67. The average molecular weight is 249 g/mol. The Hall–Kier alpha value is -2.24. The number of carbonyl (C=O) groups excluding carboxylic acids is 2. The molecule has 0 unspecified atom stereocenters. The fourth-order valence-electron chi connectivity index (χ4n) is 1.60. The maximum Gasteiger partial charge on any atom is 0.274 e. The summed E-state index contributed by atoms with van der Waals surface area (Å²) >= 11 is 0. The molecule has 0 bridgehead atoms. The van der Waals surface area contributed by atoms with E-state index in [2.05, 4.69) is 10.5 Å². The summed E-state index contributed by atoms with van der Waals surface area (Å²) in [6, 6.07) is 5.58. The van der Waals surface area contributed by atoms with Crippen LogP contribution in [-0.4, -0.2) is 24.6 Å². The third kappa shape index (κ3) is 2.53. The molecule has 0 saturated carbocycles. The van der Waals surface area contributed by atoms with Crippen molar-refractivity contribution < 1.29 is 14.0 Å². The van der Waals surface area contributed by atoms with E-state index < -0.39 is 0 Å². The smallest absolute Gasteiger partial charge is 0.274 e. The van der Waals surface area contributed by atoms with Gasteiger partial charge in [0.25, 0.3) is 5.91 Å². The van der Waals surface area contributed by atoms with Crippen molar-refractivity contribution in [2.24, 2.45) is 5.10 Å². The fraction of sp³-hybridized carbons (Fsp3) is 0.250. The largest absolute Gasteiger partial charge is 0.310 e. The number of anilines is 1. The Morgan fingerprint density at radius 1 is 1.33 bits per heavy atom. The lowest BCUT2D eigenvalue weighted by molar-refractivity contribution is -0.121. The quantitative estimate of drug-likeness (QED) is 0.851. The van der Waals surface area contributed by atoms with E-state index in [-0.39, 0.29) is 24.1 Å². The number of carbonyl (C=O) groups is 2. The number of hydrogen-bond donors (Lipinski definition) is 1. The molecule has 0 atom stereocenters. The second kappa shape index (κ2) is 4.95. The van der Waals surface area contributed by atoms with E-state index in [0.29, 0.717) is 17.8 Å². The summed E-state index contributed by atoms with van der Waals surface area (Å²) in [5.74, 6) is -0.862. The third-order valence-electron chi connectivity index (χ3n) is 2.67. The molecule has 2 amide bonds. The Bertz CT molecular complexity index is 511. The summed E-state index contributed by atoms with van der Waals surface area (Å²) in [6.45, 7) is 0. The highest BCUT2D eigenvalue weighted by molar-refractivity contribution is 6.44. The Balaban J connectivity index is 2.14. The monoisotopic (exact) mass is 249 g/mol. The molecule has 1 aromatic rings. The summed E-state index contributed by atoms with van der Waals surface area (Å²) in [7, 11) is 1.58.